The normalized spacial score (nSPS) is 14.5. The highest BCUT2D eigenvalue weighted by Crippen LogP contribution is 2.44. The summed E-state index contributed by atoms with van der Waals surface area (Å²) in [5.74, 6) is -0.0378. The number of nitrogens with one attached hydrogen (secondary N) is 1. The Morgan fingerprint density at radius 1 is 1.00 bits per heavy atom. The van der Waals surface area contributed by atoms with Crippen molar-refractivity contribution >= 4 is 29.3 Å². The highest BCUT2D eigenvalue weighted by atomic mass is 35.5. The summed E-state index contributed by atoms with van der Waals surface area (Å²) in [6.07, 6.45) is -0.621. The third-order valence-corrected chi connectivity index (χ3v) is 5.97. The first-order valence-corrected chi connectivity index (χ1v) is 10.4. The molecule has 0 aliphatic heterocycles. The number of aliphatic hydroxyl groups excluding tert-OH is 1. The number of hydrogen-bond donors (Lipinski definition) is 2. The fourth-order valence-corrected chi connectivity index (χ4v) is 4.46. The first-order chi connectivity index (χ1) is 14.4. The van der Waals surface area contributed by atoms with Gasteiger partial charge in [0.15, 0.2) is 0 Å². The molecule has 0 radical (unpaired) electrons. The maximum absolute atomic E-state index is 12.6. The Hall–Kier alpha value is -2.53. The van der Waals surface area contributed by atoms with Crippen LogP contribution < -0.4 is 5.32 Å². The van der Waals surface area contributed by atoms with E-state index in [9.17, 15) is 9.90 Å². The van der Waals surface area contributed by atoms with E-state index in [0.717, 1.165) is 22.3 Å². The molecule has 1 aliphatic rings. The zero-order valence-electron chi connectivity index (χ0n) is 16.4. The minimum atomic E-state index is -1.09. The molecule has 1 amide bonds. The summed E-state index contributed by atoms with van der Waals surface area (Å²) in [5, 5.41) is 13.6. The van der Waals surface area contributed by atoms with E-state index in [1.807, 2.05) is 24.3 Å². The van der Waals surface area contributed by atoms with Crippen molar-refractivity contribution in [1.82, 2.24) is 5.32 Å². The second-order valence-electron chi connectivity index (χ2n) is 7.60. The van der Waals surface area contributed by atoms with E-state index in [4.69, 9.17) is 27.9 Å². The Morgan fingerprint density at radius 3 is 2.07 bits per heavy atom. The van der Waals surface area contributed by atoms with Gasteiger partial charge in [-0.25, -0.2) is 4.79 Å². The summed E-state index contributed by atoms with van der Waals surface area (Å²) in [6, 6.07) is 21.2. The summed E-state index contributed by atoms with van der Waals surface area (Å²) >= 11 is 12.2. The van der Waals surface area contributed by atoms with E-state index in [0.29, 0.717) is 15.6 Å². The largest absolute Gasteiger partial charge is 0.449 e. The highest BCUT2D eigenvalue weighted by molar-refractivity contribution is 6.34. The smallest absolute Gasteiger partial charge is 0.407 e. The standard InChI is InChI=1S/C24H21Cl2NO3/c1-24(14-28,15-10-16(25)12-17(26)11-15)27-23(29)30-13-22-20-8-4-2-6-18(20)19-7-3-5-9-21(19)22/h2-12,22,28H,13-14H2,1H3,(H,27,29). The van der Waals surface area contributed by atoms with E-state index in [2.05, 4.69) is 29.6 Å². The van der Waals surface area contributed by atoms with E-state index in [1.165, 1.54) is 0 Å². The molecular weight excluding hydrogens is 421 g/mol. The van der Waals surface area contributed by atoms with Crippen molar-refractivity contribution in [3.05, 3.63) is 93.5 Å². The van der Waals surface area contributed by atoms with Crippen LogP contribution in [0.3, 0.4) is 0 Å². The number of amides is 1. The number of fused-ring (bicyclic) bond motifs is 3. The van der Waals surface area contributed by atoms with Crippen LogP contribution in [-0.2, 0) is 10.3 Å². The fraction of sp³-hybridized carbons (Fsp3) is 0.208. The predicted octanol–water partition coefficient (Wildman–Crippen LogP) is 5.74. The highest BCUT2D eigenvalue weighted by Gasteiger charge is 2.32. The van der Waals surface area contributed by atoms with Gasteiger partial charge in [-0.2, -0.15) is 0 Å². The molecule has 3 aromatic carbocycles. The first kappa shape index (κ1) is 20.7. The molecule has 0 bridgehead atoms. The number of alkyl carbamates (subject to hydrolysis) is 1. The molecule has 1 aliphatic carbocycles. The second kappa shape index (κ2) is 8.31. The van der Waals surface area contributed by atoms with Gasteiger partial charge in [-0.3, -0.25) is 0 Å². The van der Waals surface area contributed by atoms with Gasteiger partial charge in [-0.1, -0.05) is 71.7 Å². The van der Waals surface area contributed by atoms with Crippen LogP contribution in [0.1, 0.15) is 29.5 Å². The lowest BCUT2D eigenvalue weighted by molar-refractivity contribution is 0.114. The average molecular weight is 442 g/mol. The van der Waals surface area contributed by atoms with Gasteiger partial charge in [0, 0.05) is 16.0 Å². The molecule has 6 heteroatoms. The van der Waals surface area contributed by atoms with E-state index in [-0.39, 0.29) is 19.1 Å². The number of carbonyl (C=O) groups excluding carboxylic acids is 1. The third-order valence-electron chi connectivity index (χ3n) is 5.54. The monoisotopic (exact) mass is 441 g/mol. The lowest BCUT2D eigenvalue weighted by Gasteiger charge is -2.29. The molecule has 2 N–H and O–H groups in total. The maximum atomic E-state index is 12.6. The summed E-state index contributed by atoms with van der Waals surface area (Å²) in [6.45, 7) is 1.54. The molecule has 30 heavy (non-hydrogen) atoms. The Kier molecular flexibility index (Phi) is 5.74. The molecule has 3 aromatic rings. The molecule has 4 nitrogen and oxygen atoms in total. The first-order valence-electron chi connectivity index (χ1n) is 9.62. The van der Waals surface area contributed by atoms with Crippen LogP contribution in [0.4, 0.5) is 4.79 Å². The van der Waals surface area contributed by atoms with Gasteiger partial charge in [0.1, 0.15) is 6.61 Å². The summed E-state index contributed by atoms with van der Waals surface area (Å²) in [5.41, 5.74) is 4.11. The summed E-state index contributed by atoms with van der Waals surface area (Å²) in [4.78, 5) is 12.6. The van der Waals surface area contributed by atoms with Gasteiger partial charge in [0.2, 0.25) is 0 Å². The number of benzene rings is 3. The fourth-order valence-electron chi connectivity index (χ4n) is 3.94. The van der Waals surface area contributed by atoms with E-state index < -0.39 is 11.6 Å². The van der Waals surface area contributed by atoms with Crippen LogP contribution in [0.25, 0.3) is 11.1 Å². The topological polar surface area (TPSA) is 58.6 Å². The molecule has 0 saturated carbocycles. The molecule has 1 atom stereocenters. The Morgan fingerprint density at radius 2 is 1.53 bits per heavy atom. The average Bonchev–Trinajstić information content (AvgIpc) is 3.05. The van der Waals surface area contributed by atoms with Crippen LogP contribution in [0.5, 0.6) is 0 Å². The van der Waals surface area contributed by atoms with Gasteiger partial charge in [0.05, 0.1) is 12.1 Å². The van der Waals surface area contributed by atoms with Crippen molar-refractivity contribution in [2.75, 3.05) is 13.2 Å². The lowest BCUT2D eigenvalue weighted by Crippen LogP contribution is -2.46. The number of ether oxygens (including phenoxy) is 1. The van der Waals surface area contributed by atoms with Crippen molar-refractivity contribution in [3.8, 4) is 11.1 Å². The van der Waals surface area contributed by atoms with Crippen LogP contribution in [0.2, 0.25) is 10.0 Å². The maximum Gasteiger partial charge on any atom is 0.407 e. The van der Waals surface area contributed by atoms with Gasteiger partial charge >= 0.3 is 6.09 Å². The van der Waals surface area contributed by atoms with Crippen LogP contribution in [-0.4, -0.2) is 24.4 Å². The van der Waals surface area contributed by atoms with Crippen molar-refractivity contribution < 1.29 is 14.6 Å². The van der Waals surface area contributed by atoms with Crippen LogP contribution >= 0.6 is 23.2 Å². The molecule has 0 aromatic heterocycles. The van der Waals surface area contributed by atoms with Crippen LogP contribution in [0, 0.1) is 0 Å². The molecule has 4 rings (SSSR count). The number of halogens is 2. The minimum absolute atomic E-state index is 0.0378. The third kappa shape index (κ3) is 3.91. The summed E-state index contributed by atoms with van der Waals surface area (Å²) in [7, 11) is 0. The molecule has 0 saturated heterocycles. The molecular formula is C24H21Cl2NO3. The lowest BCUT2D eigenvalue weighted by atomic mass is 9.93. The van der Waals surface area contributed by atoms with Crippen molar-refractivity contribution in [2.45, 2.75) is 18.4 Å². The van der Waals surface area contributed by atoms with Gasteiger partial charge < -0.3 is 15.2 Å². The molecule has 0 fully saturated rings. The second-order valence-corrected chi connectivity index (χ2v) is 8.47. The minimum Gasteiger partial charge on any atom is -0.449 e. The van der Waals surface area contributed by atoms with Crippen LogP contribution in [0.15, 0.2) is 66.7 Å². The van der Waals surface area contributed by atoms with Gasteiger partial charge in [-0.05, 0) is 52.9 Å². The number of hydrogen-bond acceptors (Lipinski definition) is 3. The Labute approximate surface area is 185 Å². The molecule has 154 valence electrons. The van der Waals surface area contributed by atoms with Crippen molar-refractivity contribution in [2.24, 2.45) is 0 Å². The summed E-state index contributed by atoms with van der Waals surface area (Å²) < 4.78 is 5.59. The molecule has 0 spiro atoms. The zero-order valence-corrected chi connectivity index (χ0v) is 17.9. The molecule has 1 unspecified atom stereocenters. The quantitative estimate of drug-likeness (QED) is 0.530. The van der Waals surface area contributed by atoms with Gasteiger partial charge in [0.25, 0.3) is 0 Å². The number of rotatable bonds is 5. The SMILES string of the molecule is CC(CO)(NC(=O)OCC1c2ccccc2-c2ccccc21)c1cc(Cl)cc(Cl)c1. The Balaban J connectivity index is 1.51. The number of carbonyl (C=O) groups is 1. The van der Waals surface area contributed by atoms with E-state index >= 15 is 0 Å². The van der Waals surface area contributed by atoms with Gasteiger partial charge in [-0.15, -0.1) is 0 Å². The predicted molar refractivity (Wildman–Crippen MR) is 119 cm³/mol. The molecule has 0 heterocycles. The van der Waals surface area contributed by atoms with Crippen molar-refractivity contribution in [1.29, 1.82) is 0 Å². The van der Waals surface area contributed by atoms with Crippen molar-refractivity contribution in [3.63, 3.8) is 0 Å². The Bertz CT molecular complexity index is 1040. The number of aliphatic hydroxyl groups is 1. The van der Waals surface area contributed by atoms with E-state index in [1.54, 1.807) is 25.1 Å². The zero-order chi connectivity index (χ0) is 21.3.